The smallest absolute Gasteiger partial charge is 0.278 e. The van der Waals surface area contributed by atoms with Gasteiger partial charge in [0.25, 0.3) is 5.91 Å². The molecular weight excluding hydrogens is 376 g/mol. The van der Waals surface area contributed by atoms with Crippen LogP contribution in [0.25, 0.3) is 5.69 Å². The number of amides is 1. The minimum atomic E-state index is -3.15. The van der Waals surface area contributed by atoms with Gasteiger partial charge in [-0.2, -0.15) is 9.90 Å². The molecular formula is C20H22N4O3S. The van der Waals surface area contributed by atoms with Crippen LogP contribution >= 0.6 is 0 Å². The van der Waals surface area contributed by atoms with Crippen molar-refractivity contribution in [2.75, 3.05) is 11.6 Å². The lowest BCUT2D eigenvalue weighted by Crippen LogP contribution is -2.14. The van der Waals surface area contributed by atoms with Crippen LogP contribution < -0.4 is 5.32 Å². The first-order chi connectivity index (χ1) is 13.1. The molecule has 2 aromatic carbocycles. The maximum Gasteiger partial charge on any atom is 0.278 e. The third-order valence-electron chi connectivity index (χ3n) is 4.18. The number of nitrogens with zero attached hydrogens (tertiary/aromatic N) is 3. The van der Waals surface area contributed by atoms with E-state index in [2.05, 4.69) is 15.5 Å². The second-order valence-electron chi connectivity index (χ2n) is 6.94. The Labute approximate surface area is 164 Å². The predicted molar refractivity (Wildman–Crippen MR) is 109 cm³/mol. The summed E-state index contributed by atoms with van der Waals surface area (Å²) in [6.45, 7) is 5.70. The fraction of sp³-hybridized carbons (Fsp3) is 0.250. The van der Waals surface area contributed by atoms with E-state index in [4.69, 9.17) is 0 Å². The molecule has 0 aliphatic carbocycles. The number of nitrogens with one attached hydrogen (secondary N) is 1. The molecule has 8 heteroatoms. The Morgan fingerprint density at radius 1 is 1.07 bits per heavy atom. The predicted octanol–water partition coefficient (Wildman–Crippen LogP) is 2.99. The fourth-order valence-electron chi connectivity index (χ4n) is 2.96. The quantitative estimate of drug-likeness (QED) is 0.713. The van der Waals surface area contributed by atoms with Crippen molar-refractivity contribution >= 4 is 21.4 Å². The zero-order valence-corrected chi connectivity index (χ0v) is 17.0. The minimum Gasteiger partial charge on any atom is -0.321 e. The Hall–Kier alpha value is -3.00. The second-order valence-corrected chi connectivity index (χ2v) is 9.08. The first-order valence-corrected chi connectivity index (χ1v) is 10.8. The Kier molecular flexibility index (Phi) is 5.33. The highest BCUT2D eigenvalue weighted by molar-refractivity contribution is 7.89. The number of hydrogen-bond acceptors (Lipinski definition) is 5. The number of aromatic nitrogens is 3. The van der Waals surface area contributed by atoms with Crippen molar-refractivity contribution in [2.45, 2.75) is 26.5 Å². The van der Waals surface area contributed by atoms with Gasteiger partial charge in [0.05, 0.1) is 17.1 Å². The molecule has 0 atom stereocenters. The van der Waals surface area contributed by atoms with Crippen molar-refractivity contribution in [3.05, 3.63) is 70.5 Å². The Balaban J connectivity index is 1.84. The summed E-state index contributed by atoms with van der Waals surface area (Å²) in [7, 11) is -3.15. The van der Waals surface area contributed by atoms with Crippen LogP contribution in [0.4, 0.5) is 5.69 Å². The van der Waals surface area contributed by atoms with Gasteiger partial charge in [0, 0.05) is 11.9 Å². The van der Waals surface area contributed by atoms with Crippen LogP contribution in [-0.2, 0) is 15.6 Å². The molecule has 28 heavy (non-hydrogen) atoms. The van der Waals surface area contributed by atoms with Crippen LogP contribution in [0.2, 0.25) is 0 Å². The Morgan fingerprint density at radius 3 is 2.50 bits per heavy atom. The van der Waals surface area contributed by atoms with Gasteiger partial charge in [0.15, 0.2) is 15.5 Å². The third kappa shape index (κ3) is 4.64. The zero-order chi connectivity index (χ0) is 20.5. The van der Waals surface area contributed by atoms with Crippen LogP contribution in [0.5, 0.6) is 0 Å². The van der Waals surface area contributed by atoms with Gasteiger partial charge in [0.2, 0.25) is 0 Å². The van der Waals surface area contributed by atoms with E-state index in [9.17, 15) is 13.2 Å². The summed E-state index contributed by atoms with van der Waals surface area (Å²) in [5.74, 6) is -0.483. The van der Waals surface area contributed by atoms with Crippen molar-refractivity contribution in [2.24, 2.45) is 0 Å². The third-order valence-corrected chi connectivity index (χ3v) is 5.04. The number of hydrogen-bond donors (Lipinski definition) is 1. The maximum atomic E-state index is 12.7. The first-order valence-electron chi connectivity index (χ1n) is 8.72. The normalized spacial score (nSPS) is 11.4. The average Bonchev–Trinajstić information content (AvgIpc) is 2.95. The molecule has 0 radical (unpaired) electrons. The molecule has 0 fully saturated rings. The van der Waals surface area contributed by atoms with Crippen molar-refractivity contribution in [1.29, 1.82) is 0 Å². The van der Waals surface area contributed by atoms with Crippen LogP contribution in [-0.4, -0.2) is 35.6 Å². The molecule has 0 aliphatic rings. The van der Waals surface area contributed by atoms with E-state index in [1.165, 1.54) is 11.1 Å². The highest BCUT2D eigenvalue weighted by atomic mass is 32.2. The standard InChI is InChI=1S/C20H22N4O3S/c1-13-8-9-18(14(2)10-13)24-22-15(3)19(23-24)20(25)21-17-7-5-6-16(11-17)12-28(4,26)27/h5-11H,12H2,1-4H3,(H,21,25). The highest BCUT2D eigenvalue weighted by Gasteiger charge is 2.17. The van der Waals surface area contributed by atoms with E-state index >= 15 is 0 Å². The summed E-state index contributed by atoms with van der Waals surface area (Å²) in [4.78, 5) is 14.1. The van der Waals surface area contributed by atoms with E-state index in [0.29, 0.717) is 16.9 Å². The minimum absolute atomic E-state index is 0.0847. The molecule has 1 heterocycles. The molecule has 3 rings (SSSR count). The van der Waals surface area contributed by atoms with Gasteiger partial charge in [-0.15, -0.1) is 5.10 Å². The summed E-state index contributed by atoms with van der Waals surface area (Å²) < 4.78 is 23.0. The van der Waals surface area contributed by atoms with E-state index in [1.54, 1.807) is 31.2 Å². The average molecular weight is 398 g/mol. The monoisotopic (exact) mass is 398 g/mol. The molecule has 0 saturated carbocycles. The number of carbonyl (C=O) groups excluding carboxylic acids is 1. The lowest BCUT2D eigenvalue weighted by molar-refractivity contribution is 0.102. The summed E-state index contributed by atoms with van der Waals surface area (Å²) in [5.41, 5.74) is 4.79. The molecule has 0 aliphatic heterocycles. The van der Waals surface area contributed by atoms with Crippen molar-refractivity contribution in [3.8, 4) is 5.69 Å². The van der Waals surface area contributed by atoms with Crippen LogP contribution in [0, 0.1) is 20.8 Å². The summed E-state index contributed by atoms with van der Waals surface area (Å²) >= 11 is 0. The lowest BCUT2D eigenvalue weighted by Gasteiger charge is -2.06. The SMILES string of the molecule is Cc1ccc(-n2nc(C)c(C(=O)Nc3cccc(CS(C)(=O)=O)c3)n2)c(C)c1. The molecule has 1 amide bonds. The number of sulfone groups is 1. The van der Waals surface area contributed by atoms with Gasteiger partial charge in [-0.1, -0.05) is 29.8 Å². The number of rotatable bonds is 5. The summed E-state index contributed by atoms with van der Waals surface area (Å²) in [6, 6.07) is 12.7. The molecule has 1 aromatic heterocycles. The van der Waals surface area contributed by atoms with Crippen LogP contribution in [0.3, 0.4) is 0 Å². The van der Waals surface area contributed by atoms with Gasteiger partial charge in [-0.25, -0.2) is 8.42 Å². The summed E-state index contributed by atoms with van der Waals surface area (Å²) in [6.07, 6.45) is 1.17. The van der Waals surface area contributed by atoms with Gasteiger partial charge in [0.1, 0.15) is 0 Å². The number of benzene rings is 2. The van der Waals surface area contributed by atoms with Crippen LogP contribution in [0.1, 0.15) is 32.9 Å². The summed E-state index contributed by atoms with van der Waals surface area (Å²) in [5, 5.41) is 11.5. The molecule has 3 aromatic rings. The van der Waals surface area contributed by atoms with E-state index < -0.39 is 15.7 Å². The second kappa shape index (κ2) is 7.55. The molecule has 0 spiro atoms. The topological polar surface area (TPSA) is 94.0 Å². The van der Waals surface area contributed by atoms with E-state index in [1.807, 2.05) is 32.0 Å². The zero-order valence-electron chi connectivity index (χ0n) is 16.2. The highest BCUT2D eigenvalue weighted by Crippen LogP contribution is 2.17. The van der Waals surface area contributed by atoms with Gasteiger partial charge < -0.3 is 5.32 Å². The Morgan fingerprint density at radius 2 is 1.82 bits per heavy atom. The molecule has 1 N–H and O–H groups in total. The van der Waals surface area contributed by atoms with Gasteiger partial charge >= 0.3 is 0 Å². The molecule has 0 bridgehead atoms. The van der Waals surface area contributed by atoms with Crippen LogP contribution in [0.15, 0.2) is 42.5 Å². The largest absolute Gasteiger partial charge is 0.321 e. The fourth-order valence-corrected chi connectivity index (χ4v) is 3.74. The van der Waals surface area contributed by atoms with Crippen molar-refractivity contribution in [1.82, 2.24) is 15.0 Å². The van der Waals surface area contributed by atoms with Gasteiger partial charge in [-0.05, 0) is 50.1 Å². The maximum absolute atomic E-state index is 12.7. The van der Waals surface area contributed by atoms with Crippen molar-refractivity contribution in [3.63, 3.8) is 0 Å². The first kappa shape index (κ1) is 19.8. The van der Waals surface area contributed by atoms with Gasteiger partial charge in [-0.3, -0.25) is 4.79 Å². The van der Waals surface area contributed by atoms with E-state index in [0.717, 1.165) is 16.8 Å². The van der Waals surface area contributed by atoms with E-state index in [-0.39, 0.29) is 11.4 Å². The van der Waals surface area contributed by atoms with Crippen molar-refractivity contribution < 1.29 is 13.2 Å². The number of aryl methyl sites for hydroxylation is 3. The molecule has 146 valence electrons. The lowest BCUT2D eigenvalue weighted by atomic mass is 10.1. The Bertz CT molecular complexity index is 1150. The molecule has 0 saturated heterocycles. The molecule has 7 nitrogen and oxygen atoms in total. The number of carbonyl (C=O) groups is 1. The molecule has 0 unspecified atom stereocenters. The number of anilines is 1.